The van der Waals surface area contributed by atoms with Gasteiger partial charge in [0.15, 0.2) is 0 Å². The number of hydrogen-bond donors (Lipinski definition) is 0. The van der Waals surface area contributed by atoms with Crippen LogP contribution >= 0.6 is 11.3 Å². The van der Waals surface area contributed by atoms with Crippen LogP contribution in [-0.4, -0.2) is 6.61 Å². The summed E-state index contributed by atoms with van der Waals surface area (Å²) in [5.74, 6) is 1.44. The number of benzene rings is 2. The van der Waals surface area contributed by atoms with Gasteiger partial charge in [-0.2, -0.15) is 0 Å². The van der Waals surface area contributed by atoms with Crippen molar-refractivity contribution >= 4 is 21.4 Å². The Labute approximate surface area is 110 Å². The maximum absolute atomic E-state index is 5.77. The van der Waals surface area contributed by atoms with Gasteiger partial charge in [0.25, 0.3) is 0 Å². The van der Waals surface area contributed by atoms with E-state index >= 15 is 0 Å². The monoisotopic (exact) mass is 252 g/mol. The molecule has 0 fully saturated rings. The van der Waals surface area contributed by atoms with Crippen LogP contribution in [0, 0.1) is 0 Å². The molecule has 3 aromatic rings. The topological polar surface area (TPSA) is 9.23 Å². The molecule has 0 saturated carbocycles. The summed E-state index contributed by atoms with van der Waals surface area (Å²) in [6, 6.07) is 19.2. The molecular formula is C16H12OS. The first-order chi connectivity index (χ1) is 8.92. The summed E-state index contributed by atoms with van der Waals surface area (Å²) < 4.78 is 7.13. The quantitative estimate of drug-likeness (QED) is 0.622. The predicted octanol–water partition coefficient (Wildman–Crippen LogP) is 4.43. The van der Waals surface area contributed by atoms with Crippen molar-refractivity contribution in [1.29, 1.82) is 0 Å². The van der Waals surface area contributed by atoms with Gasteiger partial charge in [-0.25, -0.2) is 0 Å². The van der Waals surface area contributed by atoms with E-state index < -0.39 is 0 Å². The Morgan fingerprint density at radius 3 is 2.78 bits per heavy atom. The van der Waals surface area contributed by atoms with E-state index in [2.05, 4.69) is 48.5 Å². The van der Waals surface area contributed by atoms with Crippen LogP contribution in [-0.2, 0) is 0 Å². The lowest BCUT2D eigenvalue weighted by molar-refractivity contribution is 0.344. The van der Waals surface area contributed by atoms with Gasteiger partial charge in [0.1, 0.15) is 12.4 Å². The average molecular weight is 252 g/mol. The Morgan fingerprint density at radius 2 is 1.83 bits per heavy atom. The van der Waals surface area contributed by atoms with Crippen LogP contribution in [0.5, 0.6) is 5.75 Å². The van der Waals surface area contributed by atoms with Crippen molar-refractivity contribution in [2.75, 3.05) is 6.61 Å². The molecule has 0 aliphatic carbocycles. The second kappa shape index (κ2) is 3.85. The van der Waals surface area contributed by atoms with Crippen LogP contribution in [0.1, 0.15) is 16.4 Å². The Hall–Kier alpha value is -1.80. The highest BCUT2D eigenvalue weighted by Crippen LogP contribution is 2.41. The van der Waals surface area contributed by atoms with Crippen molar-refractivity contribution < 1.29 is 4.74 Å². The van der Waals surface area contributed by atoms with Crippen LogP contribution in [0.4, 0.5) is 0 Å². The maximum atomic E-state index is 5.77. The van der Waals surface area contributed by atoms with Crippen molar-refractivity contribution in [3.8, 4) is 5.75 Å². The summed E-state index contributed by atoms with van der Waals surface area (Å²) in [7, 11) is 0. The summed E-state index contributed by atoms with van der Waals surface area (Å²) in [6.07, 6.45) is 0. The Kier molecular flexibility index (Phi) is 2.17. The van der Waals surface area contributed by atoms with E-state index in [4.69, 9.17) is 4.74 Å². The second-order valence-corrected chi connectivity index (χ2v) is 5.70. The first-order valence-corrected chi connectivity index (χ1v) is 6.94. The fourth-order valence-electron chi connectivity index (χ4n) is 2.57. The van der Waals surface area contributed by atoms with E-state index in [0.717, 1.165) is 12.4 Å². The smallest absolute Gasteiger partial charge is 0.123 e. The first kappa shape index (κ1) is 10.2. The van der Waals surface area contributed by atoms with Gasteiger partial charge >= 0.3 is 0 Å². The average Bonchev–Trinajstić information content (AvgIpc) is 3.02. The van der Waals surface area contributed by atoms with E-state index in [1.165, 1.54) is 20.5 Å². The van der Waals surface area contributed by atoms with Crippen molar-refractivity contribution in [3.63, 3.8) is 0 Å². The van der Waals surface area contributed by atoms with E-state index in [1.54, 1.807) is 0 Å². The van der Waals surface area contributed by atoms with Crippen LogP contribution in [0.3, 0.4) is 0 Å². The fourth-order valence-corrected chi connectivity index (χ4v) is 3.74. The third-order valence-electron chi connectivity index (χ3n) is 3.49. The van der Waals surface area contributed by atoms with E-state index in [1.807, 2.05) is 17.4 Å². The number of fused-ring (bicyclic) bond motifs is 2. The molecule has 1 unspecified atom stereocenters. The normalized spacial score (nSPS) is 17.7. The lowest BCUT2D eigenvalue weighted by Crippen LogP contribution is -1.99. The number of thiophene rings is 1. The fraction of sp³-hybridized carbons (Fsp3) is 0.125. The summed E-state index contributed by atoms with van der Waals surface area (Å²) in [5, 5.41) is 1.34. The minimum Gasteiger partial charge on any atom is -0.492 e. The van der Waals surface area contributed by atoms with Gasteiger partial charge in [0.2, 0.25) is 0 Å². The Morgan fingerprint density at radius 1 is 1.00 bits per heavy atom. The van der Waals surface area contributed by atoms with E-state index in [0.29, 0.717) is 5.92 Å². The van der Waals surface area contributed by atoms with Gasteiger partial charge in [-0.15, -0.1) is 11.3 Å². The molecule has 0 spiro atoms. The van der Waals surface area contributed by atoms with Crippen molar-refractivity contribution in [1.82, 2.24) is 0 Å². The SMILES string of the molecule is c1ccc2c(c1)OCC2c1cc2ccccc2s1. The standard InChI is InChI=1S/C16H12OS/c1-4-8-15-11(5-1)9-16(18-15)13-10-17-14-7-3-2-6-12(13)14/h1-9,13H,10H2. The summed E-state index contributed by atoms with van der Waals surface area (Å²) in [5.41, 5.74) is 1.32. The molecule has 18 heavy (non-hydrogen) atoms. The van der Waals surface area contributed by atoms with E-state index in [-0.39, 0.29) is 0 Å². The minimum absolute atomic E-state index is 0.401. The van der Waals surface area contributed by atoms with Gasteiger partial charge < -0.3 is 4.74 Å². The molecule has 2 heterocycles. The zero-order valence-corrected chi connectivity index (χ0v) is 10.6. The van der Waals surface area contributed by atoms with Gasteiger partial charge in [-0.1, -0.05) is 36.4 Å². The van der Waals surface area contributed by atoms with Gasteiger partial charge in [0.05, 0.1) is 5.92 Å². The third kappa shape index (κ3) is 1.46. The van der Waals surface area contributed by atoms with Gasteiger partial charge in [-0.05, 0) is 23.6 Å². The molecular weight excluding hydrogens is 240 g/mol. The Balaban J connectivity index is 1.85. The van der Waals surface area contributed by atoms with Crippen molar-refractivity contribution in [3.05, 3.63) is 65.0 Å². The highest BCUT2D eigenvalue weighted by Gasteiger charge is 2.26. The molecule has 1 aliphatic rings. The predicted molar refractivity (Wildman–Crippen MR) is 75.6 cm³/mol. The molecule has 0 radical (unpaired) electrons. The molecule has 0 N–H and O–H groups in total. The molecule has 1 aromatic heterocycles. The van der Waals surface area contributed by atoms with Crippen LogP contribution in [0.25, 0.3) is 10.1 Å². The van der Waals surface area contributed by atoms with E-state index in [9.17, 15) is 0 Å². The largest absolute Gasteiger partial charge is 0.492 e. The zero-order valence-electron chi connectivity index (χ0n) is 9.80. The van der Waals surface area contributed by atoms with Crippen LogP contribution in [0.2, 0.25) is 0 Å². The summed E-state index contributed by atoms with van der Waals surface area (Å²) >= 11 is 1.88. The number of hydrogen-bond acceptors (Lipinski definition) is 2. The zero-order chi connectivity index (χ0) is 11.9. The minimum atomic E-state index is 0.401. The van der Waals surface area contributed by atoms with Crippen LogP contribution in [0.15, 0.2) is 54.6 Å². The molecule has 2 aromatic carbocycles. The molecule has 2 heteroatoms. The van der Waals surface area contributed by atoms with Crippen LogP contribution < -0.4 is 4.74 Å². The summed E-state index contributed by atoms with van der Waals surface area (Å²) in [6.45, 7) is 0.770. The van der Waals surface area contributed by atoms with Gasteiger partial charge in [0, 0.05) is 15.1 Å². The Bertz CT molecular complexity index is 681. The first-order valence-electron chi connectivity index (χ1n) is 6.12. The molecule has 0 bridgehead atoms. The maximum Gasteiger partial charge on any atom is 0.123 e. The lowest BCUT2D eigenvalue weighted by Gasteiger charge is -2.04. The summed E-state index contributed by atoms with van der Waals surface area (Å²) in [4.78, 5) is 1.40. The lowest BCUT2D eigenvalue weighted by atomic mass is 9.99. The van der Waals surface area contributed by atoms with Crippen molar-refractivity contribution in [2.45, 2.75) is 5.92 Å². The number of rotatable bonds is 1. The molecule has 0 saturated heterocycles. The molecule has 1 aliphatic heterocycles. The molecule has 0 amide bonds. The third-order valence-corrected chi connectivity index (χ3v) is 4.72. The van der Waals surface area contributed by atoms with Gasteiger partial charge in [-0.3, -0.25) is 0 Å². The second-order valence-electron chi connectivity index (χ2n) is 4.59. The number of para-hydroxylation sites is 1. The molecule has 4 rings (SSSR count). The molecule has 1 atom stereocenters. The highest BCUT2D eigenvalue weighted by molar-refractivity contribution is 7.19. The molecule has 88 valence electrons. The number of ether oxygens (including phenoxy) is 1. The molecule has 1 nitrogen and oxygen atoms in total. The van der Waals surface area contributed by atoms with Crippen molar-refractivity contribution in [2.24, 2.45) is 0 Å². The highest BCUT2D eigenvalue weighted by atomic mass is 32.1.